The minimum absolute atomic E-state index is 0.128. The van der Waals surface area contributed by atoms with Gasteiger partial charge in [-0.15, -0.1) is 0 Å². The monoisotopic (exact) mass is 445 g/mol. The smallest absolute Gasteiger partial charge is 0.352 e. The molecule has 1 aliphatic heterocycles. The van der Waals surface area contributed by atoms with E-state index in [1.165, 1.54) is 9.36 Å². The van der Waals surface area contributed by atoms with Crippen LogP contribution >= 0.6 is 0 Å². The summed E-state index contributed by atoms with van der Waals surface area (Å²) in [6.45, 7) is 1.82. The minimum Gasteiger partial charge on any atom is -0.460 e. The van der Waals surface area contributed by atoms with Crippen LogP contribution in [0.2, 0.25) is 0 Å². The summed E-state index contributed by atoms with van der Waals surface area (Å²) in [4.78, 5) is 39.9. The SMILES string of the molecule is C[C@H]1C=C[C@@H](C(=O)O[C@H]2CCCC[C@@H]2c2ccccc2)n2c(=O)n(-c3ccccc3)c(=O)n21. The van der Waals surface area contributed by atoms with E-state index in [9.17, 15) is 14.4 Å². The second-order valence-electron chi connectivity index (χ2n) is 8.77. The predicted octanol–water partition coefficient (Wildman–Crippen LogP) is 3.74. The zero-order chi connectivity index (χ0) is 22.9. The van der Waals surface area contributed by atoms with E-state index in [0.717, 1.165) is 35.8 Å². The van der Waals surface area contributed by atoms with Gasteiger partial charge < -0.3 is 4.74 Å². The van der Waals surface area contributed by atoms with Crippen LogP contribution in [0.4, 0.5) is 0 Å². The lowest BCUT2D eigenvalue weighted by Gasteiger charge is -2.33. The van der Waals surface area contributed by atoms with E-state index in [1.807, 2.05) is 31.2 Å². The molecule has 3 aromatic rings. The fraction of sp³-hybridized carbons (Fsp3) is 0.346. The summed E-state index contributed by atoms with van der Waals surface area (Å²) in [5, 5.41) is 0. The molecule has 0 amide bonds. The Morgan fingerprint density at radius 1 is 0.848 bits per heavy atom. The average Bonchev–Trinajstić information content (AvgIpc) is 3.11. The third-order valence-corrected chi connectivity index (χ3v) is 6.68. The lowest BCUT2D eigenvalue weighted by atomic mass is 9.81. The van der Waals surface area contributed by atoms with Gasteiger partial charge in [0.1, 0.15) is 6.10 Å². The molecule has 1 fully saturated rings. The molecule has 0 saturated heterocycles. The largest absolute Gasteiger partial charge is 0.460 e. The van der Waals surface area contributed by atoms with Gasteiger partial charge in [0.15, 0.2) is 6.04 Å². The van der Waals surface area contributed by atoms with Crippen molar-refractivity contribution in [3.63, 3.8) is 0 Å². The molecule has 0 N–H and O–H groups in total. The number of rotatable bonds is 4. The van der Waals surface area contributed by atoms with Gasteiger partial charge in [0.05, 0.1) is 11.7 Å². The molecule has 1 saturated carbocycles. The topological polar surface area (TPSA) is 75.2 Å². The molecule has 7 heteroatoms. The molecule has 2 aromatic carbocycles. The zero-order valence-electron chi connectivity index (χ0n) is 18.5. The molecule has 33 heavy (non-hydrogen) atoms. The maximum absolute atomic E-state index is 13.4. The predicted molar refractivity (Wildman–Crippen MR) is 125 cm³/mol. The Kier molecular flexibility index (Phi) is 5.62. The number of nitrogens with zero attached hydrogens (tertiary/aromatic N) is 3. The lowest BCUT2D eigenvalue weighted by molar-refractivity contribution is -0.155. The third-order valence-electron chi connectivity index (χ3n) is 6.68. The number of hydrogen-bond acceptors (Lipinski definition) is 4. The van der Waals surface area contributed by atoms with Crippen LogP contribution in [0, 0.1) is 0 Å². The van der Waals surface area contributed by atoms with Crippen LogP contribution in [0.1, 0.15) is 56.2 Å². The Hall–Kier alpha value is -3.61. The molecule has 0 spiro atoms. The van der Waals surface area contributed by atoms with Crippen LogP contribution in [0.5, 0.6) is 0 Å². The van der Waals surface area contributed by atoms with Crippen LogP contribution in [0.25, 0.3) is 5.69 Å². The number of carbonyl (C=O) groups excluding carboxylic acids is 1. The first-order valence-electron chi connectivity index (χ1n) is 11.5. The molecular formula is C26H27N3O4. The van der Waals surface area contributed by atoms with Gasteiger partial charge in [-0.05, 0) is 43.9 Å². The second kappa shape index (κ2) is 8.73. The highest BCUT2D eigenvalue weighted by molar-refractivity contribution is 5.76. The third kappa shape index (κ3) is 3.77. The van der Waals surface area contributed by atoms with Gasteiger partial charge in [0.2, 0.25) is 0 Å². The van der Waals surface area contributed by atoms with Crippen molar-refractivity contribution in [2.45, 2.75) is 56.7 Å². The van der Waals surface area contributed by atoms with Gasteiger partial charge >= 0.3 is 17.3 Å². The molecule has 4 atom stereocenters. The van der Waals surface area contributed by atoms with E-state index in [0.29, 0.717) is 5.69 Å². The number of ether oxygens (including phenoxy) is 1. The normalized spacial score (nSPS) is 24.3. The molecule has 7 nitrogen and oxygen atoms in total. The molecule has 0 unspecified atom stereocenters. The van der Waals surface area contributed by atoms with E-state index in [2.05, 4.69) is 12.1 Å². The van der Waals surface area contributed by atoms with Gasteiger partial charge in [-0.3, -0.25) is 0 Å². The van der Waals surface area contributed by atoms with E-state index >= 15 is 0 Å². The average molecular weight is 446 g/mol. The molecule has 0 radical (unpaired) electrons. The Morgan fingerprint density at radius 2 is 1.48 bits per heavy atom. The molecule has 2 aliphatic rings. The number of allylic oxidation sites excluding steroid dienone is 1. The highest BCUT2D eigenvalue weighted by atomic mass is 16.5. The van der Waals surface area contributed by atoms with Crippen molar-refractivity contribution in [3.05, 3.63) is 99.3 Å². The Morgan fingerprint density at radius 3 is 2.21 bits per heavy atom. The highest BCUT2D eigenvalue weighted by Crippen LogP contribution is 2.36. The standard InChI is InChI=1S/C26H27N3O4/c1-18-16-17-22(29-26(32)27(25(31)28(18)29)20-12-6-3-7-13-20)24(30)33-23-15-9-8-14-21(23)19-10-4-2-5-11-19/h2-7,10-13,16-18,21-23H,8-9,14-15H2,1H3/t18-,21+,22-,23-/m0/s1. The molecule has 1 aromatic heterocycles. The van der Waals surface area contributed by atoms with Crippen molar-refractivity contribution < 1.29 is 9.53 Å². The quantitative estimate of drug-likeness (QED) is 0.453. The van der Waals surface area contributed by atoms with Crippen LogP contribution in [0.3, 0.4) is 0 Å². The summed E-state index contributed by atoms with van der Waals surface area (Å²) in [7, 11) is 0. The minimum atomic E-state index is -0.982. The Balaban J connectivity index is 1.49. The van der Waals surface area contributed by atoms with Crippen molar-refractivity contribution in [3.8, 4) is 5.69 Å². The first-order chi connectivity index (χ1) is 16.1. The number of hydrogen-bond donors (Lipinski definition) is 0. The van der Waals surface area contributed by atoms with Gasteiger partial charge in [-0.25, -0.2) is 28.3 Å². The van der Waals surface area contributed by atoms with Crippen LogP contribution < -0.4 is 11.4 Å². The van der Waals surface area contributed by atoms with Gasteiger partial charge in [-0.2, -0.15) is 0 Å². The Bertz CT molecular complexity index is 1290. The molecule has 0 bridgehead atoms. The molecule has 1 aliphatic carbocycles. The number of aromatic nitrogens is 3. The fourth-order valence-corrected chi connectivity index (χ4v) is 5.04. The fourth-order valence-electron chi connectivity index (χ4n) is 5.04. The number of fused-ring (bicyclic) bond motifs is 1. The van der Waals surface area contributed by atoms with Crippen molar-refractivity contribution in [1.29, 1.82) is 0 Å². The summed E-state index contributed by atoms with van der Waals surface area (Å²) in [5.74, 6) is -0.379. The van der Waals surface area contributed by atoms with E-state index in [-0.39, 0.29) is 18.1 Å². The summed E-state index contributed by atoms with van der Waals surface area (Å²) < 4.78 is 9.72. The van der Waals surface area contributed by atoms with Crippen molar-refractivity contribution in [2.24, 2.45) is 0 Å². The lowest BCUT2D eigenvalue weighted by Crippen LogP contribution is -2.40. The van der Waals surface area contributed by atoms with Crippen LogP contribution in [0.15, 0.2) is 82.4 Å². The molecule has 5 rings (SSSR count). The Labute approximate surface area is 191 Å². The molecule has 170 valence electrons. The molecule has 2 heterocycles. The maximum atomic E-state index is 13.4. The first kappa shape index (κ1) is 21.2. The van der Waals surface area contributed by atoms with Crippen LogP contribution in [-0.2, 0) is 9.53 Å². The van der Waals surface area contributed by atoms with E-state index in [4.69, 9.17) is 4.74 Å². The first-order valence-corrected chi connectivity index (χ1v) is 11.5. The van der Waals surface area contributed by atoms with Crippen molar-refractivity contribution in [2.75, 3.05) is 0 Å². The number of carbonyl (C=O) groups is 1. The van der Waals surface area contributed by atoms with Crippen LogP contribution in [-0.4, -0.2) is 26.0 Å². The van der Waals surface area contributed by atoms with Crippen molar-refractivity contribution in [1.82, 2.24) is 13.9 Å². The van der Waals surface area contributed by atoms with Gasteiger partial charge in [-0.1, -0.05) is 67.1 Å². The highest BCUT2D eigenvalue weighted by Gasteiger charge is 2.36. The van der Waals surface area contributed by atoms with E-state index < -0.39 is 23.4 Å². The molecular weight excluding hydrogens is 418 g/mol. The number of benzene rings is 2. The summed E-state index contributed by atoms with van der Waals surface area (Å²) in [5.41, 5.74) is 0.609. The van der Waals surface area contributed by atoms with Gasteiger partial charge in [0.25, 0.3) is 0 Å². The summed E-state index contributed by atoms with van der Waals surface area (Å²) in [6.07, 6.45) is 7.01. The number of esters is 1. The van der Waals surface area contributed by atoms with E-state index in [1.54, 1.807) is 36.4 Å². The van der Waals surface area contributed by atoms with Gasteiger partial charge in [0, 0.05) is 5.92 Å². The van der Waals surface area contributed by atoms with Crippen molar-refractivity contribution >= 4 is 5.97 Å². The second-order valence-corrected chi connectivity index (χ2v) is 8.77. The summed E-state index contributed by atoms with van der Waals surface area (Å²) in [6, 6.07) is 17.5. The number of para-hydroxylation sites is 1. The maximum Gasteiger partial charge on any atom is 0.352 e. The summed E-state index contributed by atoms with van der Waals surface area (Å²) >= 11 is 0. The zero-order valence-corrected chi connectivity index (χ0v) is 18.5.